The number of amides is 2. The molecule has 0 spiro atoms. The van der Waals surface area contributed by atoms with Gasteiger partial charge in [-0.3, -0.25) is 9.69 Å². The third-order valence-electron chi connectivity index (χ3n) is 5.19. The minimum atomic E-state index is -0.530. The Kier molecular flexibility index (Phi) is 4.44. The van der Waals surface area contributed by atoms with Gasteiger partial charge < -0.3 is 19.7 Å². The zero-order chi connectivity index (χ0) is 18.3. The average molecular weight is 363 g/mol. The molecule has 140 valence electrons. The predicted octanol–water partition coefficient (Wildman–Crippen LogP) is 1.65. The number of halogens is 1. The topological polar surface area (TPSA) is 71.1 Å². The highest BCUT2D eigenvalue weighted by Gasteiger charge is 2.37. The summed E-state index contributed by atoms with van der Waals surface area (Å²) in [6, 6.07) is 5.04. The third-order valence-corrected chi connectivity index (χ3v) is 5.19. The Balaban J connectivity index is 1.48. The second-order valence-corrected chi connectivity index (χ2v) is 7.03. The van der Waals surface area contributed by atoms with E-state index in [1.165, 1.54) is 17.9 Å². The number of ether oxygens (including phenoxy) is 2. The van der Waals surface area contributed by atoms with Crippen molar-refractivity contribution in [1.29, 1.82) is 0 Å². The van der Waals surface area contributed by atoms with Gasteiger partial charge in [-0.25, -0.2) is 9.18 Å². The Labute approximate surface area is 151 Å². The molecule has 26 heavy (non-hydrogen) atoms. The Morgan fingerprint density at radius 1 is 1.35 bits per heavy atom. The van der Waals surface area contributed by atoms with Gasteiger partial charge in [-0.15, -0.1) is 0 Å². The second-order valence-electron chi connectivity index (χ2n) is 7.03. The fourth-order valence-electron chi connectivity index (χ4n) is 3.84. The molecule has 4 aliphatic rings. The van der Waals surface area contributed by atoms with Crippen LogP contribution >= 0.6 is 0 Å². The SMILES string of the molecule is CC(=O)NCC1CN(c2ccc(N3CC4CCC3CO4)c(F)c2)C(=O)O1. The number of cyclic esters (lactones) is 1. The molecule has 1 aromatic rings. The number of carbonyl (C=O) groups excluding carboxylic acids is 2. The molecule has 4 fully saturated rings. The van der Waals surface area contributed by atoms with E-state index in [1.54, 1.807) is 12.1 Å². The minimum Gasteiger partial charge on any atom is -0.442 e. The Morgan fingerprint density at radius 3 is 2.81 bits per heavy atom. The summed E-state index contributed by atoms with van der Waals surface area (Å²) < 4.78 is 25.7. The van der Waals surface area contributed by atoms with Gasteiger partial charge in [-0.2, -0.15) is 0 Å². The molecule has 8 heteroatoms. The van der Waals surface area contributed by atoms with E-state index in [9.17, 15) is 14.0 Å². The molecule has 2 amide bonds. The monoisotopic (exact) mass is 363 g/mol. The summed E-state index contributed by atoms with van der Waals surface area (Å²) in [5.74, 6) is -0.539. The summed E-state index contributed by atoms with van der Waals surface area (Å²) in [4.78, 5) is 26.5. The van der Waals surface area contributed by atoms with Crippen LogP contribution < -0.4 is 15.1 Å². The van der Waals surface area contributed by atoms with Crippen molar-refractivity contribution in [3.8, 4) is 0 Å². The van der Waals surface area contributed by atoms with E-state index in [0.29, 0.717) is 24.5 Å². The maximum Gasteiger partial charge on any atom is 0.414 e. The fourth-order valence-corrected chi connectivity index (χ4v) is 3.84. The lowest BCUT2D eigenvalue weighted by Gasteiger charge is -2.46. The first-order valence-electron chi connectivity index (χ1n) is 8.91. The molecule has 7 nitrogen and oxygen atoms in total. The third kappa shape index (κ3) is 3.21. The van der Waals surface area contributed by atoms with Gasteiger partial charge in [0.25, 0.3) is 0 Å². The van der Waals surface area contributed by atoms with E-state index in [2.05, 4.69) is 10.2 Å². The van der Waals surface area contributed by atoms with Gasteiger partial charge in [0.15, 0.2) is 0 Å². The number of carbonyl (C=O) groups is 2. The van der Waals surface area contributed by atoms with E-state index < -0.39 is 12.2 Å². The molecule has 4 aliphatic heterocycles. The number of morpholine rings is 1. The lowest BCUT2D eigenvalue weighted by atomic mass is 9.96. The zero-order valence-corrected chi connectivity index (χ0v) is 14.6. The number of nitrogens with zero attached hydrogens (tertiary/aromatic N) is 2. The molecule has 3 atom stereocenters. The van der Waals surface area contributed by atoms with E-state index in [0.717, 1.165) is 12.8 Å². The van der Waals surface area contributed by atoms with E-state index in [4.69, 9.17) is 9.47 Å². The minimum absolute atomic E-state index is 0.169. The van der Waals surface area contributed by atoms with Crippen LogP contribution in [-0.4, -0.2) is 56.5 Å². The van der Waals surface area contributed by atoms with Gasteiger partial charge in [0.1, 0.15) is 11.9 Å². The fraction of sp³-hybridized carbons (Fsp3) is 0.556. The molecule has 4 saturated heterocycles. The number of fused-ring (bicyclic) bond motifs is 3. The number of rotatable bonds is 4. The van der Waals surface area contributed by atoms with Gasteiger partial charge in [-0.05, 0) is 31.0 Å². The van der Waals surface area contributed by atoms with Crippen LogP contribution in [0.25, 0.3) is 0 Å². The Morgan fingerprint density at radius 2 is 2.19 bits per heavy atom. The van der Waals surface area contributed by atoms with Crippen molar-refractivity contribution in [3.63, 3.8) is 0 Å². The van der Waals surface area contributed by atoms with E-state index in [-0.39, 0.29) is 37.0 Å². The molecule has 0 saturated carbocycles. The van der Waals surface area contributed by atoms with Crippen LogP contribution in [0.3, 0.4) is 0 Å². The molecule has 3 unspecified atom stereocenters. The molecule has 5 rings (SSSR count). The van der Waals surface area contributed by atoms with Crippen molar-refractivity contribution in [2.75, 3.05) is 36.0 Å². The van der Waals surface area contributed by atoms with E-state index >= 15 is 0 Å². The highest BCUT2D eigenvalue weighted by atomic mass is 19.1. The van der Waals surface area contributed by atoms with Crippen LogP contribution in [0, 0.1) is 5.82 Å². The highest BCUT2D eigenvalue weighted by Crippen LogP contribution is 2.34. The normalized spacial score (nSPS) is 27.6. The van der Waals surface area contributed by atoms with Crippen molar-refractivity contribution in [2.45, 2.75) is 38.0 Å². The first kappa shape index (κ1) is 17.1. The van der Waals surface area contributed by atoms with Gasteiger partial charge in [0.05, 0.1) is 43.2 Å². The molecule has 0 aliphatic carbocycles. The van der Waals surface area contributed by atoms with Gasteiger partial charge in [0.2, 0.25) is 5.91 Å². The quantitative estimate of drug-likeness (QED) is 0.881. The van der Waals surface area contributed by atoms with Crippen LogP contribution in [0.4, 0.5) is 20.6 Å². The largest absolute Gasteiger partial charge is 0.442 e. The summed E-state index contributed by atoms with van der Waals surface area (Å²) >= 11 is 0. The summed E-state index contributed by atoms with van der Waals surface area (Å²) in [5.41, 5.74) is 1.01. The molecular weight excluding hydrogens is 341 g/mol. The van der Waals surface area contributed by atoms with Crippen LogP contribution in [0.15, 0.2) is 18.2 Å². The maximum absolute atomic E-state index is 14.8. The highest BCUT2D eigenvalue weighted by molar-refractivity contribution is 5.90. The average Bonchev–Trinajstić information content (AvgIpc) is 3.01. The first-order chi connectivity index (χ1) is 12.5. The molecule has 1 aromatic carbocycles. The van der Waals surface area contributed by atoms with Crippen molar-refractivity contribution < 1.29 is 23.5 Å². The predicted molar refractivity (Wildman–Crippen MR) is 92.8 cm³/mol. The van der Waals surface area contributed by atoms with E-state index in [1.807, 2.05) is 0 Å². The summed E-state index contributed by atoms with van der Waals surface area (Å²) in [6.07, 6.45) is 1.23. The molecule has 4 heterocycles. The Bertz CT molecular complexity index is 720. The number of anilines is 2. The van der Waals surface area contributed by atoms with Crippen molar-refractivity contribution in [2.24, 2.45) is 0 Å². The number of nitrogens with one attached hydrogen (secondary N) is 1. The Hall–Kier alpha value is -2.35. The first-order valence-corrected chi connectivity index (χ1v) is 8.91. The summed E-state index contributed by atoms with van der Waals surface area (Å²) in [5, 5.41) is 2.62. The lowest BCUT2D eigenvalue weighted by Crippen LogP contribution is -2.54. The van der Waals surface area contributed by atoms with Gasteiger partial charge >= 0.3 is 6.09 Å². The summed E-state index contributed by atoms with van der Waals surface area (Å²) in [7, 11) is 0. The van der Waals surface area contributed by atoms with Crippen LogP contribution in [-0.2, 0) is 14.3 Å². The zero-order valence-electron chi connectivity index (χ0n) is 14.6. The van der Waals surface area contributed by atoms with Crippen molar-refractivity contribution >= 4 is 23.4 Å². The smallest absolute Gasteiger partial charge is 0.414 e. The molecule has 0 aromatic heterocycles. The number of piperidine rings is 1. The molecule has 0 radical (unpaired) electrons. The maximum atomic E-state index is 14.8. The second kappa shape index (κ2) is 6.75. The van der Waals surface area contributed by atoms with Gasteiger partial charge in [-0.1, -0.05) is 0 Å². The standard InChI is InChI=1S/C18H22FN3O4/c1-11(23)20-7-15-9-22(18(24)26-15)12-3-5-17(16(19)6-12)21-8-14-4-2-13(21)10-25-14/h3,5-6,13-15H,2,4,7-10H2,1H3,(H,20,23). The molecule has 1 N–H and O–H groups in total. The van der Waals surface area contributed by atoms with Crippen molar-refractivity contribution in [1.82, 2.24) is 5.32 Å². The van der Waals surface area contributed by atoms with Crippen LogP contribution in [0.5, 0.6) is 0 Å². The summed E-state index contributed by atoms with van der Waals surface area (Å²) in [6.45, 7) is 3.26. The number of hydrogen-bond donors (Lipinski definition) is 1. The van der Waals surface area contributed by atoms with Crippen LogP contribution in [0.2, 0.25) is 0 Å². The number of hydrogen-bond acceptors (Lipinski definition) is 5. The van der Waals surface area contributed by atoms with Gasteiger partial charge in [0, 0.05) is 13.5 Å². The lowest BCUT2D eigenvalue weighted by molar-refractivity contribution is -0.119. The van der Waals surface area contributed by atoms with Crippen LogP contribution in [0.1, 0.15) is 19.8 Å². The molecule has 2 bridgehead atoms. The number of benzene rings is 1. The van der Waals surface area contributed by atoms with Crippen molar-refractivity contribution in [3.05, 3.63) is 24.0 Å². The molecular formula is C18H22FN3O4.